The number of hydrogen-bond acceptors (Lipinski definition) is 5. The van der Waals surface area contributed by atoms with Crippen LogP contribution in [0.4, 0.5) is 0 Å². The second kappa shape index (κ2) is 8.38. The lowest BCUT2D eigenvalue weighted by molar-refractivity contribution is -0.121. The third-order valence-electron chi connectivity index (χ3n) is 3.95. The number of rotatable bonds is 8. The molecule has 0 aliphatic carbocycles. The van der Waals surface area contributed by atoms with E-state index in [0.29, 0.717) is 31.9 Å². The molecule has 26 heavy (non-hydrogen) atoms. The lowest BCUT2D eigenvalue weighted by Gasteiger charge is -2.08. The number of nitrogens with zero attached hydrogens (tertiary/aromatic N) is 1. The van der Waals surface area contributed by atoms with Crippen molar-refractivity contribution < 1.29 is 18.7 Å². The van der Waals surface area contributed by atoms with Crippen molar-refractivity contribution in [2.75, 3.05) is 20.3 Å². The van der Waals surface area contributed by atoms with Gasteiger partial charge in [-0.25, -0.2) is 4.98 Å². The number of carbonyl (C=O) groups is 1. The number of aromatic nitrogens is 1. The Labute approximate surface area is 152 Å². The second-order valence-electron chi connectivity index (χ2n) is 5.91. The van der Waals surface area contributed by atoms with Crippen molar-refractivity contribution in [2.24, 2.45) is 0 Å². The van der Waals surface area contributed by atoms with Crippen molar-refractivity contribution in [3.63, 3.8) is 0 Å². The maximum atomic E-state index is 12.0. The van der Waals surface area contributed by atoms with E-state index < -0.39 is 0 Å². The van der Waals surface area contributed by atoms with Crippen LogP contribution in [-0.2, 0) is 11.2 Å². The summed E-state index contributed by atoms with van der Waals surface area (Å²) >= 11 is 0. The fourth-order valence-corrected chi connectivity index (χ4v) is 2.62. The van der Waals surface area contributed by atoms with E-state index in [2.05, 4.69) is 10.3 Å². The van der Waals surface area contributed by atoms with Gasteiger partial charge in [-0.1, -0.05) is 6.07 Å². The predicted molar refractivity (Wildman–Crippen MR) is 98.6 cm³/mol. The van der Waals surface area contributed by atoms with Crippen LogP contribution in [0.25, 0.3) is 11.1 Å². The number of ether oxygens (including phenoxy) is 2. The van der Waals surface area contributed by atoms with Gasteiger partial charge in [0.1, 0.15) is 23.6 Å². The van der Waals surface area contributed by atoms with E-state index in [1.54, 1.807) is 7.11 Å². The molecule has 0 atom stereocenters. The average Bonchev–Trinajstić information content (AvgIpc) is 3.03. The van der Waals surface area contributed by atoms with Crippen LogP contribution in [0, 0.1) is 6.92 Å². The fourth-order valence-electron chi connectivity index (χ4n) is 2.62. The van der Waals surface area contributed by atoms with Crippen molar-refractivity contribution in [1.29, 1.82) is 0 Å². The molecule has 0 radical (unpaired) electrons. The van der Waals surface area contributed by atoms with Gasteiger partial charge >= 0.3 is 0 Å². The van der Waals surface area contributed by atoms with E-state index >= 15 is 0 Å². The number of carbonyl (C=O) groups excluding carboxylic acids is 1. The van der Waals surface area contributed by atoms with Gasteiger partial charge < -0.3 is 19.2 Å². The molecule has 1 amide bonds. The highest BCUT2D eigenvalue weighted by Crippen LogP contribution is 2.18. The Morgan fingerprint density at radius 3 is 2.69 bits per heavy atom. The fraction of sp³-hybridized carbons (Fsp3) is 0.300. The Morgan fingerprint density at radius 2 is 1.92 bits per heavy atom. The molecule has 0 unspecified atom stereocenters. The molecule has 0 saturated heterocycles. The van der Waals surface area contributed by atoms with Crippen molar-refractivity contribution in [3.05, 3.63) is 53.9 Å². The highest BCUT2D eigenvalue weighted by molar-refractivity contribution is 5.77. The van der Waals surface area contributed by atoms with E-state index in [-0.39, 0.29) is 5.91 Å². The van der Waals surface area contributed by atoms with Gasteiger partial charge in [0.25, 0.3) is 0 Å². The lowest BCUT2D eigenvalue weighted by atomic mass is 10.1. The van der Waals surface area contributed by atoms with Crippen molar-refractivity contribution >= 4 is 17.0 Å². The quantitative estimate of drug-likeness (QED) is 0.629. The molecule has 0 bridgehead atoms. The van der Waals surface area contributed by atoms with Gasteiger partial charge in [-0.15, -0.1) is 0 Å². The first-order valence-electron chi connectivity index (χ1n) is 8.53. The maximum absolute atomic E-state index is 12.0. The molecule has 1 heterocycles. The monoisotopic (exact) mass is 354 g/mol. The molecule has 2 aromatic carbocycles. The van der Waals surface area contributed by atoms with Crippen LogP contribution in [0.15, 0.2) is 46.9 Å². The van der Waals surface area contributed by atoms with Crippen LogP contribution in [0.5, 0.6) is 11.5 Å². The molecule has 0 saturated carbocycles. The standard InChI is InChI=1S/C20H22N2O4/c1-14-22-18-13-15(3-9-19(18)26-14)4-10-20(23)21-11-12-25-17-7-5-16(24-2)6-8-17/h3,5-9,13H,4,10-12H2,1-2H3,(H,21,23). The first kappa shape index (κ1) is 17.8. The summed E-state index contributed by atoms with van der Waals surface area (Å²) in [7, 11) is 1.62. The first-order valence-corrected chi connectivity index (χ1v) is 8.53. The largest absolute Gasteiger partial charge is 0.497 e. The summed E-state index contributed by atoms with van der Waals surface area (Å²) in [4.78, 5) is 16.3. The van der Waals surface area contributed by atoms with Crippen molar-refractivity contribution in [3.8, 4) is 11.5 Å². The SMILES string of the molecule is COc1ccc(OCCNC(=O)CCc2ccc3oc(C)nc3c2)cc1. The number of benzene rings is 2. The predicted octanol–water partition coefficient (Wildman–Crippen LogP) is 3.27. The smallest absolute Gasteiger partial charge is 0.220 e. The zero-order valence-corrected chi connectivity index (χ0v) is 15.0. The molecule has 1 N–H and O–H groups in total. The number of nitrogens with one attached hydrogen (secondary N) is 1. The molecular formula is C20H22N2O4. The van der Waals surface area contributed by atoms with Crippen LogP contribution in [-0.4, -0.2) is 31.2 Å². The molecule has 136 valence electrons. The number of aryl methyl sites for hydroxylation is 2. The molecular weight excluding hydrogens is 332 g/mol. The van der Waals surface area contributed by atoms with Crippen LogP contribution in [0.1, 0.15) is 17.9 Å². The summed E-state index contributed by atoms with van der Waals surface area (Å²) in [6.45, 7) is 2.70. The molecule has 0 fully saturated rings. The summed E-state index contributed by atoms with van der Waals surface area (Å²) in [6.07, 6.45) is 1.08. The summed E-state index contributed by atoms with van der Waals surface area (Å²) in [5.74, 6) is 2.17. The Bertz CT molecular complexity index is 871. The Balaban J connectivity index is 1.38. The van der Waals surface area contributed by atoms with E-state index in [1.807, 2.05) is 49.4 Å². The molecule has 3 aromatic rings. The van der Waals surface area contributed by atoms with Crippen molar-refractivity contribution in [2.45, 2.75) is 19.8 Å². The summed E-state index contributed by atoms with van der Waals surface area (Å²) in [5, 5.41) is 2.86. The van der Waals surface area contributed by atoms with Gasteiger partial charge in [0.05, 0.1) is 13.7 Å². The maximum Gasteiger partial charge on any atom is 0.220 e. The minimum atomic E-state index is -0.000221. The van der Waals surface area contributed by atoms with Crippen LogP contribution < -0.4 is 14.8 Å². The van der Waals surface area contributed by atoms with E-state index in [1.165, 1.54) is 0 Å². The average molecular weight is 354 g/mol. The van der Waals surface area contributed by atoms with Crippen LogP contribution in [0.2, 0.25) is 0 Å². The van der Waals surface area contributed by atoms with Crippen molar-refractivity contribution in [1.82, 2.24) is 10.3 Å². The zero-order chi connectivity index (χ0) is 18.4. The molecule has 6 nitrogen and oxygen atoms in total. The second-order valence-corrected chi connectivity index (χ2v) is 5.91. The topological polar surface area (TPSA) is 73.6 Å². The van der Waals surface area contributed by atoms with Gasteiger partial charge in [-0.2, -0.15) is 0 Å². The summed E-state index contributed by atoms with van der Waals surface area (Å²) in [5.41, 5.74) is 2.66. The molecule has 0 aliphatic rings. The number of fused-ring (bicyclic) bond motifs is 1. The normalized spacial score (nSPS) is 10.7. The highest BCUT2D eigenvalue weighted by atomic mass is 16.5. The third kappa shape index (κ3) is 4.75. The number of hydrogen-bond donors (Lipinski definition) is 1. The summed E-state index contributed by atoms with van der Waals surface area (Å²) in [6, 6.07) is 13.2. The first-order chi connectivity index (χ1) is 12.6. The van der Waals surface area contributed by atoms with Gasteiger partial charge in [0, 0.05) is 13.3 Å². The van der Waals surface area contributed by atoms with E-state index in [9.17, 15) is 4.79 Å². The van der Waals surface area contributed by atoms with Crippen LogP contribution >= 0.6 is 0 Å². The zero-order valence-electron chi connectivity index (χ0n) is 15.0. The Hall–Kier alpha value is -3.02. The number of oxazole rings is 1. The molecule has 3 rings (SSSR count). The molecule has 0 spiro atoms. The van der Waals surface area contributed by atoms with Gasteiger partial charge in [-0.05, 0) is 48.4 Å². The van der Waals surface area contributed by atoms with E-state index in [0.717, 1.165) is 28.2 Å². The van der Waals surface area contributed by atoms with Gasteiger partial charge in [-0.3, -0.25) is 4.79 Å². The minimum absolute atomic E-state index is 0.000221. The molecule has 0 aliphatic heterocycles. The van der Waals surface area contributed by atoms with Gasteiger partial charge in [0.2, 0.25) is 5.91 Å². The molecule has 1 aromatic heterocycles. The van der Waals surface area contributed by atoms with Gasteiger partial charge in [0.15, 0.2) is 11.5 Å². The number of methoxy groups -OCH3 is 1. The lowest BCUT2D eigenvalue weighted by Crippen LogP contribution is -2.28. The highest BCUT2D eigenvalue weighted by Gasteiger charge is 2.06. The Morgan fingerprint density at radius 1 is 1.15 bits per heavy atom. The third-order valence-corrected chi connectivity index (χ3v) is 3.95. The minimum Gasteiger partial charge on any atom is -0.497 e. The summed E-state index contributed by atoms with van der Waals surface area (Å²) < 4.78 is 16.1. The Kier molecular flexibility index (Phi) is 5.73. The number of amides is 1. The van der Waals surface area contributed by atoms with E-state index in [4.69, 9.17) is 13.9 Å². The van der Waals surface area contributed by atoms with Crippen LogP contribution in [0.3, 0.4) is 0 Å². The molecule has 6 heteroatoms.